The van der Waals surface area contributed by atoms with E-state index in [0.29, 0.717) is 40.0 Å². The molecule has 28 heavy (non-hydrogen) atoms. The molecule has 7 nitrogen and oxygen atoms in total. The van der Waals surface area contributed by atoms with E-state index < -0.39 is 10.0 Å². The highest BCUT2D eigenvalue weighted by Gasteiger charge is 2.30. The monoisotopic (exact) mass is 426 g/mol. The minimum atomic E-state index is -3.62. The zero-order valence-electron chi connectivity index (χ0n) is 16.6. The molecule has 0 radical (unpaired) electrons. The molecule has 0 aromatic carbocycles. The van der Waals surface area contributed by atoms with Gasteiger partial charge in [-0.2, -0.15) is 5.10 Å². The van der Waals surface area contributed by atoms with Gasteiger partial charge in [-0.3, -0.25) is 4.68 Å². The van der Waals surface area contributed by atoms with Crippen molar-refractivity contribution in [1.29, 1.82) is 0 Å². The number of pyridine rings is 1. The van der Waals surface area contributed by atoms with Crippen molar-refractivity contribution in [3.8, 4) is 5.88 Å². The van der Waals surface area contributed by atoms with Crippen LogP contribution in [0.1, 0.15) is 57.0 Å². The van der Waals surface area contributed by atoms with E-state index in [1.165, 1.54) is 0 Å². The standard InChI is InChI=1S/C19H27ClN4O3S/c1-12(2)24-14(4)19(13(3)22-24)28(25,26)23-16-6-8-17(9-7-16)27-18-10-5-15(20)11-21-18/h5,10-12,16-17,23H,6-9H2,1-4H3. The summed E-state index contributed by atoms with van der Waals surface area (Å²) >= 11 is 5.84. The minimum absolute atomic E-state index is 0.0293. The molecule has 0 atom stereocenters. The minimum Gasteiger partial charge on any atom is -0.474 e. The van der Waals surface area contributed by atoms with Gasteiger partial charge in [-0.1, -0.05) is 11.6 Å². The summed E-state index contributed by atoms with van der Waals surface area (Å²) in [7, 11) is -3.62. The fraction of sp³-hybridized carbons (Fsp3) is 0.579. The Morgan fingerprint density at radius 1 is 1.21 bits per heavy atom. The Bertz CT molecular complexity index is 917. The summed E-state index contributed by atoms with van der Waals surface area (Å²) in [5.41, 5.74) is 1.20. The summed E-state index contributed by atoms with van der Waals surface area (Å²) in [6, 6.07) is 3.49. The van der Waals surface area contributed by atoms with Crippen molar-refractivity contribution in [3.05, 3.63) is 34.7 Å². The molecule has 2 heterocycles. The normalized spacial score (nSPS) is 20.5. The van der Waals surface area contributed by atoms with E-state index in [4.69, 9.17) is 16.3 Å². The fourth-order valence-electron chi connectivity index (χ4n) is 3.72. The molecule has 2 aromatic heterocycles. The first kappa shape index (κ1) is 21.1. The van der Waals surface area contributed by atoms with Gasteiger partial charge in [0.25, 0.3) is 0 Å². The maximum Gasteiger partial charge on any atom is 0.244 e. The molecule has 1 saturated carbocycles. The van der Waals surface area contributed by atoms with Crippen molar-refractivity contribution in [2.24, 2.45) is 0 Å². The van der Waals surface area contributed by atoms with E-state index in [1.807, 2.05) is 13.8 Å². The van der Waals surface area contributed by atoms with Gasteiger partial charge >= 0.3 is 0 Å². The van der Waals surface area contributed by atoms with Crippen LogP contribution in [0.3, 0.4) is 0 Å². The lowest BCUT2D eigenvalue weighted by Crippen LogP contribution is -2.40. The molecule has 0 aliphatic heterocycles. The van der Waals surface area contributed by atoms with E-state index in [-0.39, 0.29) is 18.2 Å². The van der Waals surface area contributed by atoms with E-state index in [9.17, 15) is 8.42 Å². The van der Waals surface area contributed by atoms with Gasteiger partial charge in [0, 0.05) is 24.3 Å². The number of aryl methyl sites for hydroxylation is 1. The molecule has 154 valence electrons. The molecule has 0 saturated heterocycles. The summed E-state index contributed by atoms with van der Waals surface area (Å²) < 4.78 is 36.4. The zero-order valence-corrected chi connectivity index (χ0v) is 18.2. The third kappa shape index (κ3) is 4.67. The summed E-state index contributed by atoms with van der Waals surface area (Å²) in [5.74, 6) is 0.542. The first-order valence-electron chi connectivity index (χ1n) is 9.53. The number of ether oxygens (including phenoxy) is 1. The van der Waals surface area contributed by atoms with Gasteiger partial charge in [0.15, 0.2) is 0 Å². The molecular formula is C19H27ClN4O3S. The summed E-state index contributed by atoms with van der Waals surface area (Å²) in [5, 5.41) is 4.96. The van der Waals surface area contributed by atoms with Crippen LogP contribution in [0, 0.1) is 13.8 Å². The highest BCUT2D eigenvalue weighted by atomic mass is 35.5. The lowest BCUT2D eigenvalue weighted by molar-refractivity contribution is 0.138. The van der Waals surface area contributed by atoms with Crippen LogP contribution in [0.25, 0.3) is 0 Å². The molecular weight excluding hydrogens is 400 g/mol. The van der Waals surface area contributed by atoms with Crippen LogP contribution >= 0.6 is 11.6 Å². The van der Waals surface area contributed by atoms with Crippen molar-refractivity contribution in [2.75, 3.05) is 0 Å². The van der Waals surface area contributed by atoms with Crippen LogP contribution in [-0.2, 0) is 10.0 Å². The molecule has 0 amide bonds. The number of rotatable bonds is 6. The van der Waals surface area contributed by atoms with Crippen molar-refractivity contribution in [1.82, 2.24) is 19.5 Å². The summed E-state index contributed by atoms with van der Waals surface area (Å²) in [6.07, 6.45) is 4.54. The maximum absolute atomic E-state index is 13.0. The second-order valence-electron chi connectivity index (χ2n) is 7.57. The Balaban J connectivity index is 1.62. The second kappa shape index (κ2) is 8.39. The predicted octanol–water partition coefficient (Wildman–Crippen LogP) is 3.80. The van der Waals surface area contributed by atoms with Crippen molar-refractivity contribution < 1.29 is 13.2 Å². The van der Waals surface area contributed by atoms with Gasteiger partial charge in [-0.15, -0.1) is 0 Å². The molecule has 3 rings (SSSR count). The molecule has 2 aromatic rings. The number of halogens is 1. The van der Waals surface area contributed by atoms with Crippen LogP contribution in [0.4, 0.5) is 0 Å². The summed E-state index contributed by atoms with van der Waals surface area (Å²) in [4.78, 5) is 4.45. The number of nitrogens with zero attached hydrogens (tertiary/aromatic N) is 3. The second-order valence-corrected chi connectivity index (χ2v) is 9.65. The van der Waals surface area contributed by atoms with Crippen LogP contribution in [-0.4, -0.2) is 35.3 Å². The van der Waals surface area contributed by atoms with Gasteiger partial charge in [-0.25, -0.2) is 18.1 Å². The SMILES string of the molecule is Cc1nn(C(C)C)c(C)c1S(=O)(=O)NC1CCC(Oc2ccc(Cl)cn2)CC1. The van der Waals surface area contributed by atoms with Crippen LogP contribution in [0.15, 0.2) is 23.2 Å². The van der Waals surface area contributed by atoms with E-state index in [2.05, 4.69) is 14.8 Å². The Kier molecular flexibility index (Phi) is 6.31. The number of nitrogens with one attached hydrogen (secondary N) is 1. The average Bonchev–Trinajstić information content (AvgIpc) is 2.94. The predicted molar refractivity (Wildman–Crippen MR) is 108 cm³/mol. The lowest BCUT2D eigenvalue weighted by atomic mass is 9.94. The molecule has 1 aliphatic rings. The molecule has 0 spiro atoms. The summed E-state index contributed by atoms with van der Waals surface area (Å²) in [6.45, 7) is 7.52. The third-order valence-electron chi connectivity index (χ3n) is 5.00. The first-order chi connectivity index (χ1) is 13.2. The largest absolute Gasteiger partial charge is 0.474 e. The first-order valence-corrected chi connectivity index (χ1v) is 11.4. The van der Waals surface area contributed by atoms with Gasteiger partial charge < -0.3 is 4.74 Å². The maximum atomic E-state index is 13.0. The molecule has 0 unspecified atom stereocenters. The highest BCUT2D eigenvalue weighted by molar-refractivity contribution is 7.89. The topological polar surface area (TPSA) is 86.1 Å². The molecule has 1 fully saturated rings. The molecule has 1 aliphatic carbocycles. The zero-order chi connectivity index (χ0) is 20.5. The lowest BCUT2D eigenvalue weighted by Gasteiger charge is -2.29. The third-order valence-corrected chi connectivity index (χ3v) is 7.00. The van der Waals surface area contributed by atoms with Crippen LogP contribution < -0.4 is 9.46 Å². The van der Waals surface area contributed by atoms with E-state index >= 15 is 0 Å². The number of hydrogen-bond acceptors (Lipinski definition) is 5. The molecule has 0 bridgehead atoms. The highest BCUT2D eigenvalue weighted by Crippen LogP contribution is 2.27. The Hall–Kier alpha value is -1.64. The van der Waals surface area contributed by atoms with Gasteiger partial charge in [0.2, 0.25) is 15.9 Å². The van der Waals surface area contributed by atoms with Crippen molar-refractivity contribution in [2.45, 2.75) is 76.5 Å². The number of hydrogen-bond donors (Lipinski definition) is 1. The van der Waals surface area contributed by atoms with Gasteiger partial charge in [0.05, 0.1) is 16.4 Å². The van der Waals surface area contributed by atoms with Crippen molar-refractivity contribution in [3.63, 3.8) is 0 Å². The average molecular weight is 427 g/mol. The molecule has 9 heteroatoms. The van der Waals surface area contributed by atoms with E-state index in [0.717, 1.165) is 12.8 Å². The van der Waals surface area contributed by atoms with E-state index in [1.54, 1.807) is 36.9 Å². The van der Waals surface area contributed by atoms with Gasteiger partial charge in [0.1, 0.15) is 11.0 Å². The number of aromatic nitrogens is 3. The Morgan fingerprint density at radius 2 is 1.89 bits per heavy atom. The Labute approximate surface area is 171 Å². The fourth-order valence-corrected chi connectivity index (χ4v) is 5.54. The van der Waals surface area contributed by atoms with Gasteiger partial charge in [-0.05, 0) is 59.4 Å². The van der Waals surface area contributed by atoms with Crippen LogP contribution in [0.5, 0.6) is 5.88 Å². The van der Waals surface area contributed by atoms with Crippen molar-refractivity contribution >= 4 is 21.6 Å². The Morgan fingerprint density at radius 3 is 2.43 bits per heavy atom. The quantitative estimate of drug-likeness (QED) is 0.759. The smallest absolute Gasteiger partial charge is 0.244 e. The molecule has 1 N–H and O–H groups in total. The van der Waals surface area contributed by atoms with Crippen LogP contribution in [0.2, 0.25) is 5.02 Å². The number of sulfonamides is 1.